The van der Waals surface area contributed by atoms with Crippen molar-refractivity contribution in [2.75, 3.05) is 11.9 Å². The van der Waals surface area contributed by atoms with Gasteiger partial charge in [-0.1, -0.05) is 24.3 Å². The topological polar surface area (TPSA) is 63.8 Å². The van der Waals surface area contributed by atoms with Crippen molar-refractivity contribution in [3.63, 3.8) is 0 Å². The predicted octanol–water partition coefficient (Wildman–Crippen LogP) is 2.21. The molecule has 0 saturated heterocycles. The summed E-state index contributed by atoms with van der Waals surface area (Å²) in [7, 11) is 0. The third kappa shape index (κ3) is 3.05. The second kappa shape index (κ2) is 5.60. The molecule has 0 saturated carbocycles. The Kier molecular flexibility index (Phi) is 3.89. The highest BCUT2D eigenvalue weighted by molar-refractivity contribution is 5.63. The number of anilines is 1. The number of rotatable bonds is 4. The number of hydrogen-bond acceptors (Lipinski definition) is 4. The summed E-state index contributed by atoms with van der Waals surface area (Å²) in [5, 5.41) is 11.5. The molecule has 4 heteroatoms. The van der Waals surface area contributed by atoms with Crippen molar-refractivity contribution in [1.29, 1.82) is 0 Å². The summed E-state index contributed by atoms with van der Waals surface area (Å²) in [4.78, 5) is 0. The normalized spacial score (nSPS) is 12.2. The molecule has 0 aliphatic rings. The first kappa shape index (κ1) is 12.5. The van der Waals surface area contributed by atoms with Gasteiger partial charge in [0.1, 0.15) is 5.82 Å². The van der Waals surface area contributed by atoms with E-state index in [2.05, 4.69) is 34.6 Å². The minimum Gasteiger partial charge on any atom is -0.367 e. The summed E-state index contributed by atoms with van der Waals surface area (Å²) < 4.78 is 0. The van der Waals surface area contributed by atoms with Crippen LogP contribution in [0.3, 0.4) is 0 Å². The van der Waals surface area contributed by atoms with Crippen LogP contribution in [-0.4, -0.2) is 22.8 Å². The van der Waals surface area contributed by atoms with Gasteiger partial charge in [0.15, 0.2) is 0 Å². The van der Waals surface area contributed by atoms with Gasteiger partial charge in [-0.15, -0.1) is 10.2 Å². The molecule has 2 aromatic rings. The van der Waals surface area contributed by atoms with Crippen LogP contribution in [0, 0.1) is 6.92 Å². The van der Waals surface area contributed by atoms with Crippen molar-refractivity contribution in [2.24, 2.45) is 5.73 Å². The number of nitrogens with zero attached hydrogens (tertiary/aromatic N) is 2. The predicted molar refractivity (Wildman–Crippen MR) is 74.3 cm³/mol. The van der Waals surface area contributed by atoms with Gasteiger partial charge in [0.05, 0.1) is 5.69 Å². The maximum atomic E-state index is 5.67. The molecule has 18 heavy (non-hydrogen) atoms. The van der Waals surface area contributed by atoms with E-state index in [1.807, 2.05) is 31.2 Å². The Morgan fingerprint density at radius 1 is 1.17 bits per heavy atom. The standard InChI is InChI=1S/C14H18N4/c1-10-5-3-4-6-12(10)13-7-8-14(18-17-13)16-9-11(2)15/h3-8,11H,9,15H2,1-2H3,(H,16,18). The lowest BCUT2D eigenvalue weighted by molar-refractivity contribution is 0.775. The summed E-state index contributed by atoms with van der Waals surface area (Å²) in [5.74, 6) is 0.754. The van der Waals surface area contributed by atoms with Crippen LogP contribution >= 0.6 is 0 Å². The van der Waals surface area contributed by atoms with E-state index >= 15 is 0 Å². The Bertz CT molecular complexity index is 505. The second-order valence-corrected chi connectivity index (χ2v) is 4.48. The maximum Gasteiger partial charge on any atom is 0.148 e. The molecule has 0 bridgehead atoms. The van der Waals surface area contributed by atoms with Crippen LogP contribution in [-0.2, 0) is 0 Å². The summed E-state index contributed by atoms with van der Waals surface area (Å²) in [6.45, 7) is 4.71. The summed E-state index contributed by atoms with van der Waals surface area (Å²) >= 11 is 0. The van der Waals surface area contributed by atoms with Crippen LogP contribution in [0.5, 0.6) is 0 Å². The zero-order valence-corrected chi connectivity index (χ0v) is 10.7. The quantitative estimate of drug-likeness (QED) is 0.862. The van der Waals surface area contributed by atoms with Gasteiger partial charge in [0.2, 0.25) is 0 Å². The minimum atomic E-state index is 0.0999. The van der Waals surface area contributed by atoms with Crippen molar-refractivity contribution in [3.8, 4) is 11.3 Å². The molecule has 4 nitrogen and oxygen atoms in total. The number of nitrogens with two attached hydrogens (primary N) is 1. The number of hydrogen-bond donors (Lipinski definition) is 2. The van der Waals surface area contributed by atoms with Crippen LogP contribution in [0.25, 0.3) is 11.3 Å². The molecule has 0 aliphatic carbocycles. The van der Waals surface area contributed by atoms with Crippen LogP contribution < -0.4 is 11.1 Å². The fourth-order valence-electron chi connectivity index (χ4n) is 1.70. The summed E-state index contributed by atoms with van der Waals surface area (Å²) in [6.07, 6.45) is 0. The maximum absolute atomic E-state index is 5.67. The molecule has 1 unspecified atom stereocenters. The number of aryl methyl sites for hydroxylation is 1. The molecular formula is C14H18N4. The molecule has 0 aliphatic heterocycles. The first-order valence-electron chi connectivity index (χ1n) is 6.06. The Morgan fingerprint density at radius 3 is 2.56 bits per heavy atom. The monoisotopic (exact) mass is 242 g/mol. The largest absolute Gasteiger partial charge is 0.367 e. The summed E-state index contributed by atoms with van der Waals surface area (Å²) in [5.41, 5.74) is 8.87. The lowest BCUT2D eigenvalue weighted by Gasteiger charge is -2.08. The van der Waals surface area contributed by atoms with Crippen LogP contribution in [0.4, 0.5) is 5.82 Å². The van der Waals surface area contributed by atoms with Gasteiger partial charge in [-0.05, 0) is 31.5 Å². The van der Waals surface area contributed by atoms with Gasteiger partial charge >= 0.3 is 0 Å². The third-order valence-corrected chi connectivity index (χ3v) is 2.69. The fraction of sp³-hybridized carbons (Fsp3) is 0.286. The van der Waals surface area contributed by atoms with Crippen molar-refractivity contribution in [3.05, 3.63) is 42.0 Å². The van der Waals surface area contributed by atoms with Gasteiger partial charge in [-0.2, -0.15) is 0 Å². The highest BCUT2D eigenvalue weighted by Gasteiger charge is 2.03. The Labute approximate surface area is 107 Å². The molecule has 0 fully saturated rings. The van der Waals surface area contributed by atoms with E-state index in [0.29, 0.717) is 6.54 Å². The molecule has 1 aromatic carbocycles. The van der Waals surface area contributed by atoms with Gasteiger partial charge < -0.3 is 11.1 Å². The lowest BCUT2D eigenvalue weighted by Crippen LogP contribution is -2.25. The van der Waals surface area contributed by atoms with Crippen molar-refractivity contribution < 1.29 is 0 Å². The van der Waals surface area contributed by atoms with E-state index in [0.717, 1.165) is 17.1 Å². The first-order valence-corrected chi connectivity index (χ1v) is 6.06. The van der Waals surface area contributed by atoms with Crippen LogP contribution in [0.1, 0.15) is 12.5 Å². The van der Waals surface area contributed by atoms with Gasteiger partial charge in [0.25, 0.3) is 0 Å². The lowest BCUT2D eigenvalue weighted by atomic mass is 10.1. The Morgan fingerprint density at radius 2 is 1.94 bits per heavy atom. The van der Waals surface area contributed by atoms with Crippen LogP contribution in [0.15, 0.2) is 36.4 Å². The average molecular weight is 242 g/mol. The smallest absolute Gasteiger partial charge is 0.148 e. The first-order chi connectivity index (χ1) is 8.66. The Hall–Kier alpha value is -1.94. The number of aromatic nitrogens is 2. The molecule has 1 aromatic heterocycles. The molecule has 2 rings (SSSR count). The zero-order chi connectivity index (χ0) is 13.0. The second-order valence-electron chi connectivity index (χ2n) is 4.48. The van der Waals surface area contributed by atoms with Crippen LogP contribution in [0.2, 0.25) is 0 Å². The van der Waals surface area contributed by atoms with E-state index < -0.39 is 0 Å². The average Bonchev–Trinajstić information content (AvgIpc) is 2.38. The van der Waals surface area contributed by atoms with Crippen molar-refractivity contribution >= 4 is 5.82 Å². The van der Waals surface area contributed by atoms with Crippen molar-refractivity contribution in [2.45, 2.75) is 19.9 Å². The van der Waals surface area contributed by atoms with E-state index in [1.165, 1.54) is 5.56 Å². The van der Waals surface area contributed by atoms with Crippen molar-refractivity contribution in [1.82, 2.24) is 10.2 Å². The van der Waals surface area contributed by atoms with Gasteiger partial charge in [-0.25, -0.2) is 0 Å². The molecule has 1 heterocycles. The highest BCUT2D eigenvalue weighted by Crippen LogP contribution is 2.20. The van der Waals surface area contributed by atoms with E-state index in [-0.39, 0.29) is 6.04 Å². The number of nitrogens with one attached hydrogen (secondary N) is 1. The highest BCUT2D eigenvalue weighted by atomic mass is 15.2. The number of benzene rings is 1. The summed E-state index contributed by atoms with van der Waals surface area (Å²) in [6, 6.07) is 12.1. The molecule has 0 radical (unpaired) electrons. The molecule has 94 valence electrons. The molecular weight excluding hydrogens is 224 g/mol. The Balaban J connectivity index is 2.15. The molecule has 0 spiro atoms. The fourth-order valence-corrected chi connectivity index (χ4v) is 1.70. The molecule has 3 N–H and O–H groups in total. The molecule has 0 amide bonds. The SMILES string of the molecule is Cc1ccccc1-c1ccc(NCC(C)N)nn1. The van der Waals surface area contributed by atoms with E-state index in [4.69, 9.17) is 5.73 Å². The minimum absolute atomic E-state index is 0.0999. The van der Waals surface area contributed by atoms with E-state index in [9.17, 15) is 0 Å². The van der Waals surface area contributed by atoms with Gasteiger partial charge in [-0.3, -0.25) is 0 Å². The van der Waals surface area contributed by atoms with E-state index in [1.54, 1.807) is 0 Å². The van der Waals surface area contributed by atoms with Gasteiger partial charge in [0, 0.05) is 18.2 Å². The molecule has 1 atom stereocenters. The third-order valence-electron chi connectivity index (χ3n) is 2.69. The zero-order valence-electron chi connectivity index (χ0n) is 10.7.